The van der Waals surface area contributed by atoms with E-state index < -0.39 is 0 Å². The van der Waals surface area contributed by atoms with Gasteiger partial charge in [0.15, 0.2) is 0 Å². The van der Waals surface area contributed by atoms with E-state index in [1.165, 1.54) is 5.56 Å². The molecule has 0 unspecified atom stereocenters. The maximum absolute atomic E-state index is 10.6. The van der Waals surface area contributed by atoms with Crippen molar-refractivity contribution >= 4 is 5.91 Å². The summed E-state index contributed by atoms with van der Waals surface area (Å²) in [5, 5.41) is 2.99. The second kappa shape index (κ2) is 7.01. The van der Waals surface area contributed by atoms with Crippen molar-refractivity contribution in [3.05, 3.63) is 29.3 Å². The van der Waals surface area contributed by atoms with Gasteiger partial charge in [0.25, 0.3) is 0 Å². The molecule has 0 atom stereocenters. The lowest BCUT2D eigenvalue weighted by atomic mass is 10.00. The third-order valence-corrected chi connectivity index (χ3v) is 2.85. The first-order chi connectivity index (χ1) is 8.54. The summed E-state index contributed by atoms with van der Waals surface area (Å²) in [5.41, 5.74) is 7.46. The number of hydrogen-bond acceptors (Lipinski definition) is 3. The van der Waals surface area contributed by atoms with Crippen molar-refractivity contribution in [2.45, 2.75) is 26.2 Å². The van der Waals surface area contributed by atoms with Crippen molar-refractivity contribution in [3.8, 4) is 5.75 Å². The average Bonchev–Trinajstić information content (AvgIpc) is 2.34. The van der Waals surface area contributed by atoms with E-state index >= 15 is 0 Å². The summed E-state index contributed by atoms with van der Waals surface area (Å²) < 4.78 is 5.39. The van der Waals surface area contributed by atoms with Gasteiger partial charge in [-0.15, -0.1) is 0 Å². The van der Waals surface area contributed by atoms with E-state index in [9.17, 15) is 4.79 Å². The Balaban J connectivity index is 2.62. The summed E-state index contributed by atoms with van der Waals surface area (Å²) in [5.74, 6) is 1.06. The first-order valence-electron chi connectivity index (χ1n) is 6.20. The van der Waals surface area contributed by atoms with Gasteiger partial charge in [-0.2, -0.15) is 0 Å². The minimum Gasteiger partial charge on any atom is -0.496 e. The van der Waals surface area contributed by atoms with Gasteiger partial charge in [-0.05, 0) is 36.1 Å². The summed E-state index contributed by atoms with van der Waals surface area (Å²) >= 11 is 0. The molecule has 0 aromatic heterocycles. The van der Waals surface area contributed by atoms with Crippen LogP contribution < -0.4 is 15.8 Å². The van der Waals surface area contributed by atoms with Crippen molar-refractivity contribution in [2.24, 2.45) is 5.73 Å². The van der Waals surface area contributed by atoms with E-state index in [-0.39, 0.29) is 12.5 Å². The van der Waals surface area contributed by atoms with E-state index in [1.54, 1.807) is 7.11 Å². The first-order valence-corrected chi connectivity index (χ1v) is 6.20. The number of carbonyl (C=O) groups excluding carboxylic acids is 1. The Hall–Kier alpha value is -1.55. The molecule has 0 fully saturated rings. The molecule has 0 aliphatic heterocycles. The number of rotatable bonds is 7. The molecule has 0 aliphatic rings. The molecule has 1 amide bonds. The third kappa shape index (κ3) is 4.37. The predicted molar refractivity (Wildman–Crippen MR) is 72.9 cm³/mol. The Morgan fingerprint density at radius 1 is 1.44 bits per heavy atom. The fourth-order valence-electron chi connectivity index (χ4n) is 1.76. The van der Waals surface area contributed by atoms with Gasteiger partial charge in [-0.25, -0.2) is 0 Å². The molecule has 0 saturated heterocycles. The normalized spacial score (nSPS) is 10.7. The van der Waals surface area contributed by atoms with Gasteiger partial charge < -0.3 is 15.8 Å². The van der Waals surface area contributed by atoms with Gasteiger partial charge in [0.05, 0.1) is 13.7 Å². The molecule has 1 aromatic rings. The van der Waals surface area contributed by atoms with Crippen LogP contribution in [0.25, 0.3) is 0 Å². The second-order valence-corrected chi connectivity index (χ2v) is 4.62. The zero-order valence-corrected chi connectivity index (χ0v) is 11.3. The zero-order valence-electron chi connectivity index (χ0n) is 11.3. The molecule has 4 heteroatoms. The molecule has 0 spiro atoms. The molecule has 1 rings (SSSR count). The van der Waals surface area contributed by atoms with Gasteiger partial charge >= 0.3 is 0 Å². The van der Waals surface area contributed by atoms with Gasteiger partial charge in [-0.1, -0.05) is 26.0 Å². The number of benzene rings is 1. The number of nitrogens with two attached hydrogens (primary N) is 1. The van der Waals surface area contributed by atoms with Crippen LogP contribution in [-0.2, 0) is 11.2 Å². The predicted octanol–water partition coefficient (Wildman–Crippen LogP) is 1.44. The number of hydrogen-bond donors (Lipinski definition) is 2. The highest BCUT2D eigenvalue weighted by molar-refractivity contribution is 5.75. The van der Waals surface area contributed by atoms with Crippen molar-refractivity contribution in [1.29, 1.82) is 0 Å². The molecule has 0 bridgehead atoms. The smallest absolute Gasteiger partial charge is 0.231 e. The van der Waals surface area contributed by atoms with E-state index in [0.29, 0.717) is 12.5 Å². The van der Waals surface area contributed by atoms with Crippen molar-refractivity contribution in [1.82, 2.24) is 5.32 Å². The molecule has 0 saturated carbocycles. The van der Waals surface area contributed by atoms with Crippen LogP contribution in [-0.4, -0.2) is 26.1 Å². The fourth-order valence-corrected chi connectivity index (χ4v) is 1.76. The molecule has 0 heterocycles. The average molecular weight is 250 g/mol. The van der Waals surface area contributed by atoms with E-state index in [1.807, 2.05) is 0 Å². The van der Waals surface area contributed by atoms with Crippen LogP contribution in [0.2, 0.25) is 0 Å². The van der Waals surface area contributed by atoms with Crippen molar-refractivity contribution in [2.75, 3.05) is 20.2 Å². The van der Waals surface area contributed by atoms with Gasteiger partial charge in [-0.3, -0.25) is 4.79 Å². The minimum absolute atomic E-state index is 0.215. The maximum atomic E-state index is 10.6. The zero-order chi connectivity index (χ0) is 13.5. The number of methoxy groups -OCH3 is 1. The quantitative estimate of drug-likeness (QED) is 0.720. The molecule has 0 radical (unpaired) electrons. The van der Waals surface area contributed by atoms with Crippen LogP contribution in [0.1, 0.15) is 30.9 Å². The lowest BCUT2D eigenvalue weighted by molar-refractivity contribution is -0.117. The lowest BCUT2D eigenvalue weighted by Crippen LogP contribution is -2.29. The second-order valence-electron chi connectivity index (χ2n) is 4.62. The van der Waals surface area contributed by atoms with Crippen LogP contribution >= 0.6 is 0 Å². The lowest BCUT2D eigenvalue weighted by Gasteiger charge is -2.12. The highest BCUT2D eigenvalue weighted by Gasteiger charge is 2.06. The number of nitrogens with one attached hydrogen (secondary N) is 1. The Labute approximate surface area is 109 Å². The van der Waals surface area contributed by atoms with Gasteiger partial charge in [0.1, 0.15) is 5.75 Å². The first kappa shape index (κ1) is 14.5. The molecule has 0 aliphatic carbocycles. The topological polar surface area (TPSA) is 64.3 Å². The van der Waals surface area contributed by atoms with E-state index in [2.05, 4.69) is 37.4 Å². The highest BCUT2D eigenvalue weighted by Crippen LogP contribution is 2.24. The Morgan fingerprint density at radius 3 is 2.72 bits per heavy atom. The third-order valence-electron chi connectivity index (χ3n) is 2.85. The van der Waals surface area contributed by atoms with E-state index in [4.69, 9.17) is 10.5 Å². The summed E-state index contributed by atoms with van der Waals surface area (Å²) in [6, 6.07) is 6.28. The summed E-state index contributed by atoms with van der Waals surface area (Å²) in [4.78, 5) is 10.6. The van der Waals surface area contributed by atoms with E-state index in [0.717, 1.165) is 17.7 Å². The maximum Gasteiger partial charge on any atom is 0.231 e. The van der Waals surface area contributed by atoms with Gasteiger partial charge in [0.2, 0.25) is 5.91 Å². The van der Waals surface area contributed by atoms with Gasteiger partial charge in [0, 0.05) is 0 Å². The molecule has 100 valence electrons. The molecule has 18 heavy (non-hydrogen) atoms. The Bertz CT molecular complexity index is 403. The fraction of sp³-hybridized carbons (Fsp3) is 0.500. The molecular formula is C14H22N2O2. The summed E-state index contributed by atoms with van der Waals surface area (Å²) in [6.07, 6.45) is 0.814. The van der Waals surface area contributed by atoms with Crippen LogP contribution in [0.15, 0.2) is 18.2 Å². The number of primary amides is 1. The minimum atomic E-state index is -0.336. The molecular weight excluding hydrogens is 228 g/mol. The number of amides is 1. The standard InChI is InChI=1S/C14H22N2O2/c1-10(2)12-5-4-11(13(8-12)18-3)6-7-16-9-14(15)17/h4-5,8,10,16H,6-7,9H2,1-3H3,(H2,15,17). The SMILES string of the molecule is COc1cc(C(C)C)ccc1CCNCC(N)=O. The summed E-state index contributed by atoms with van der Waals surface area (Å²) in [6.45, 7) is 5.23. The number of ether oxygens (including phenoxy) is 1. The monoisotopic (exact) mass is 250 g/mol. The Kier molecular flexibility index (Phi) is 5.65. The largest absolute Gasteiger partial charge is 0.496 e. The van der Waals surface area contributed by atoms with Crippen LogP contribution in [0.5, 0.6) is 5.75 Å². The summed E-state index contributed by atoms with van der Waals surface area (Å²) in [7, 11) is 1.68. The molecule has 1 aromatic carbocycles. The Morgan fingerprint density at radius 2 is 2.17 bits per heavy atom. The van der Waals surface area contributed by atoms with Crippen molar-refractivity contribution in [3.63, 3.8) is 0 Å². The van der Waals surface area contributed by atoms with Crippen molar-refractivity contribution < 1.29 is 9.53 Å². The van der Waals surface area contributed by atoms with Crippen LogP contribution in [0.3, 0.4) is 0 Å². The molecule has 3 N–H and O–H groups in total. The number of carbonyl (C=O) groups is 1. The molecule has 4 nitrogen and oxygen atoms in total. The van der Waals surface area contributed by atoms with Crippen LogP contribution in [0, 0.1) is 0 Å². The van der Waals surface area contributed by atoms with Crippen LogP contribution in [0.4, 0.5) is 0 Å². The highest BCUT2D eigenvalue weighted by atomic mass is 16.5.